The van der Waals surface area contributed by atoms with Crippen LogP contribution >= 0.6 is 0 Å². The summed E-state index contributed by atoms with van der Waals surface area (Å²) in [5.41, 5.74) is -0.208. The summed E-state index contributed by atoms with van der Waals surface area (Å²) in [5, 5.41) is 11.0. The number of alkyl halides is 3. The molecule has 1 aromatic rings. The minimum atomic E-state index is -4.34. The van der Waals surface area contributed by atoms with Gasteiger partial charge in [0, 0.05) is 0 Å². The summed E-state index contributed by atoms with van der Waals surface area (Å²) < 4.78 is 37.2. The fourth-order valence-electron chi connectivity index (χ4n) is 1.55. The Balaban J connectivity index is 2.79. The topological polar surface area (TPSA) is 20.2 Å². The van der Waals surface area contributed by atoms with Gasteiger partial charge in [0.1, 0.15) is 0 Å². The maximum absolute atomic E-state index is 12.4. The minimum absolute atomic E-state index is 0.404. The molecule has 1 rings (SSSR count). The van der Waals surface area contributed by atoms with Gasteiger partial charge in [-0.25, -0.2) is 0 Å². The van der Waals surface area contributed by atoms with E-state index in [-0.39, 0.29) is 0 Å². The van der Waals surface area contributed by atoms with Crippen molar-refractivity contribution in [2.45, 2.75) is 38.3 Å². The fraction of sp³-hybridized carbons (Fsp3) is 0.429. The molecule has 0 fully saturated rings. The molecule has 0 heterocycles. The van der Waals surface area contributed by atoms with Crippen molar-refractivity contribution in [3.8, 4) is 0 Å². The molecule has 5 heteroatoms. The Morgan fingerprint density at radius 3 is 2.05 bits per heavy atom. The summed E-state index contributed by atoms with van der Waals surface area (Å²) >= 11 is 0. The lowest BCUT2D eigenvalue weighted by Crippen LogP contribution is -2.24. The van der Waals surface area contributed by atoms with Gasteiger partial charge in [0.25, 0.3) is 0 Å². The number of hydrogen-bond acceptors (Lipinski definition) is 1. The van der Waals surface area contributed by atoms with Crippen LogP contribution in [0.2, 0.25) is 19.6 Å². The summed E-state index contributed by atoms with van der Waals surface area (Å²) in [6.07, 6.45) is -4.73. The molecule has 1 nitrogen and oxygen atoms in total. The van der Waals surface area contributed by atoms with E-state index in [9.17, 15) is 18.3 Å². The highest BCUT2D eigenvalue weighted by Gasteiger charge is 2.30. The molecule has 0 amide bonds. The molecule has 0 radical (unpaired) electrons. The van der Waals surface area contributed by atoms with Crippen LogP contribution in [0.4, 0.5) is 13.2 Å². The Morgan fingerprint density at radius 2 is 1.68 bits per heavy atom. The third kappa shape index (κ3) is 4.51. The molecule has 0 aliphatic carbocycles. The standard InChI is InChI=1S/C14H19F3OSi/c1-10(19(2,3)4)9-13(18)11-5-7-12(8-6-11)14(15,16)17/h5-8,13,18H,1,9H2,2-4H3. The quantitative estimate of drug-likeness (QED) is 0.805. The van der Waals surface area contributed by atoms with Gasteiger partial charge < -0.3 is 5.11 Å². The maximum Gasteiger partial charge on any atom is 0.416 e. The first-order valence-electron chi connectivity index (χ1n) is 6.05. The zero-order valence-electron chi connectivity index (χ0n) is 11.4. The van der Waals surface area contributed by atoms with Crippen molar-refractivity contribution in [1.29, 1.82) is 0 Å². The second-order valence-corrected chi connectivity index (χ2v) is 10.9. The van der Waals surface area contributed by atoms with E-state index in [1.165, 1.54) is 12.1 Å². The summed E-state index contributed by atoms with van der Waals surface area (Å²) in [6, 6.07) is 4.64. The molecule has 0 aromatic heterocycles. The molecular weight excluding hydrogens is 269 g/mol. The molecule has 1 atom stereocenters. The lowest BCUT2D eigenvalue weighted by Gasteiger charge is -2.22. The Labute approximate surface area is 112 Å². The van der Waals surface area contributed by atoms with Gasteiger partial charge in [-0.15, -0.1) is 6.58 Å². The van der Waals surface area contributed by atoms with Gasteiger partial charge in [0.15, 0.2) is 0 Å². The van der Waals surface area contributed by atoms with Crippen molar-refractivity contribution in [2.75, 3.05) is 0 Å². The van der Waals surface area contributed by atoms with Crippen molar-refractivity contribution in [1.82, 2.24) is 0 Å². The van der Waals surface area contributed by atoms with E-state index >= 15 is 0 Å². The second-order valence-electron chi connectivity index (χ2n) is 5.69. The number of benzene rings is 1. The Hall–Kier alpha value is -1.07. The number of aliphatic hydroxyl groups excluding tert-OH is 1. The molecule has 0 spiro atoms. The third-order valence-electron chi connectivity index (χ3n) is 3.12. The molecule has 106 valence electrons. The van der Waals surface area contributed by atoms with Crippen molar-refractivity contribution in [3.63, 3.8) is 0 Å². The number of hydrogen-bond donors (Lipinski definition) is 1. The smallest absolute Gasteiger partial charge is 0.388 e. The van der Waals surface area contributed by atoms with E-state index in [2.05, 4.69) is 26.2 Å². The van der Waals surface area contributed by atoms with E-state index < -0.39 is 25.9 Å². The molecule has 1 N–H and O–H groups in total. The first-order chi connectivity index (χ1) is 8.51. The van der Waals surface area contributed by atoms with Crippen molar-refractivity contribution >= 4 is 8.07 Å². The minimum Gasteiger partial charge on any atom is -0.388 e. The summed E-state index contributed by atoms with van der Waals surface area (Å²) in [5.74, 6) is 0. The molecule has 0 bridgehead atoms. The lowest BCUT2D eigenvalue weighted by atomic mass is 10.0. The zero-order chi connectivity index (χ0) is 14.8. The molecule has 0 saturated heterocycles. The average Bonchev–Trinajstić information content (AvgIpc) is 2.26. The van der Waals surface area contributed by atoms with Crippen LogP contribution in [0.3, 0.4) is 0 Å². The van der Waals surface area contributed by atoms with Crippen LogP contribution in [-0.4, -0.2) is 13.2 Å². The van der Waals surface area contributed by atoms with Crippen molar-refractivity contribution < 1.29 is 18.3 Å². The van der Waals surface area contributed by atoms with Gasteiger partial charge in [-0.05, 0) is 24.1 Å². The highest BCUT2D eigenvalue weighted by atomic mass is 28.3. The SMILES string of the molecule is C=C(CC(O)c1ccc(C(F)(F)F)cc1)[Si](C)(C)C. The van der Waals surface area contributed by atoms with Gasteiger partial charge in [-0.2, -0.15) is 13.2 Å². The largest absolute Gasteiger partial charge is 0.416 e. The van der Waals surface area contributed by atoms with Gasteiger partial charge in [-0.3, -0.25) is 0 Å². The van der Waals surface area contributed by atoms with Crippen molar-refractivity contribution in [2.24, 2.45) is 0 Å². The van der Waals surface area contributed by atoms with Gasteiger partial charge >= 0.3 is 6.18 Å². The molecule has 19 heavy (non-hydrogen) atoms. The Bertz CT molecular complexity index is 443. The van der Waals surface area contributed by atoms with E-state index in [1.54, 1.807) is 0 Å². The van der Waals surface area contributed by atoms with E-state index in [0.29, 0.717) is 12.0 Å². The van der Waals surface area contributed by atoms with Crippen molar-refractivity contribution in [3.05, 3.63) is 47.2 Å². The summed E-state index contributed by atoms with van der Waals surface area (Å²) in [4.78, 5) is 0. The van der Waals surface area contributed by atoms with Crippen LogP contribution in [-0.2, 0) is 6.18 Å². The van der Waals surface area contributed by atoms with Crippen LogP contribution in [0.5, 0.6) is 0 Å². The maximum atomic E-state index is 12.4. The summed E-state index contributed by atoms with van der Waals surface area (Å²) in [6.45, 7) is 10.3. The van der Waals surface area contributed by atoms with E-state index in [4.69, 9.17) is 0 Å². The molecule has 0 saturated carbocycles. The molecule has 0 aliphatic heterocycles. The van der Waals surface area contributed by atoms with Crippen LogP contribution in [0.1, 0.15) is 23.7 Å². The number of aliphatic hydroxyl groups is 1. The van der Waals surface area contributed by atoms with E-state index in [0.717, 1.165) is 17.3 Å². The van der Waals surface area contributed by atoms with E-state index in [1.807, 2.05) is 0 Å². The lowest BCUT2D eigenvalue weighted by molar-refractivity contribution is -0.137. The molecule has 1 aromatic carbocycles. The predicted molar refractivity (Wildman–Crippen MR) is 73.5 cm³/mol. The second kappa shape index (κ2) is 5.51. The number of rotatable bonds is 4. The zero-order valence-corrected chi connectivity index (χ0v) is 12.4. The molecule has 0 aliphatic rings. The molecule has 1 unspecified atom stereocenters. The highest BCUT2D eigenvalue weighted by Crippen LogP contribution is 2.31. The Kier molecular flexibility index (Phi) is 4.63. The average molecular weight is 288 g/mol. The first-order valence-corrected chi connectivity index (χ1v) is 9.55. The Morgan fingerprint density at radius 1 is 1.21 bits per heavy atom. The van der Waals surface area contributed by atoms with Crippen LogP contribution in [0.25, 0.3) is 0 Å². The third-order valence-corrected chi connectivity index (χ3v) is 5.45. The predicted octanol–water partition coefficient (Wildman–Crippen LogP) is 4.56. The highest BCUT2D eigenvalue weighted by molar-refractivity contribution is 6.82. The van der Waals surface area contributed by atoms with Gasteiger partial charge in [0.05, 0.1) is 19.7 Å². The van der Waals surface area contributed by atoms with Crippen LogP contribution < -0.4 is 0 Å². The first kappa shape index (κ1) is 16.0. The monoisotopic (exact) mass is 288 g/mol. The van der Waals surface area contributed by atoms with Gasteiger partial charge in [-0.1, -0.05) is 37.0 Å². The van der Waals surface area contributed by atoms with Crippen LogP contribution in [0, 0.1) is 0 Å². The van der Waals surface area contributed by atoms with Crippen LogP contribution in [0.15, 0.2) is 36.0 Å². The number of halogens is 3. The fourth-order valence-corrected chi connectivity index (χ4v) is 2.36. The normalized spacial score (nSPS) is 14.3. The molecular formula is C14H19F3OSi. The summed E-state index contributed by atoms with van der Waals surface area (Å²) in [7, 11) is -1.53. The van der Waals surface area contributed by atoms with Gasteiger partial charge in [0.2, 0.25) is 0 Å².